The Bertz CT molecular complexity index is 117. The zero-order valence-corrected chi connectivity index (χ0v) is 6.84. The van der Waals surface area contributed by atoms with Gasteiger partial charge >= 0.3 is 0 Å². The Morgan fingerprint density at radius 3 is 2.60 bits per heavy atom. The maximum absolute atomic E-state index is 5.70. The van der Waals surface area contributed by atoms with Crippen LogP contribution in [0.5, 0.6) is 0 Å². The summed E-state index contributed by atoms with van der Waals surface area (Å²) in [6.07, 6.45) is 3.42. The van der Waals surface area contributed by atoms with Crippen molar-refractivity contribution < 1.29 is 4.74 Å². The molecular weight excluding hydrogens is 124 g/mol. The second kappa shape index (κ2) is 2.23. The van der Waals surface area contributed by atoms with E-state index in [1.54, 1.807) is 0 Å². The molecule has 1 aliphatic carbocycles. The summed E-state index contributed by atoms with van der Waals surface area (Å²) in [6, 6.07) is 0. The summed E-state index contributed by atoms with van der Waals surface area (Å²) in [6.45, 7) is 5.66. The number of hydrogen-bond donors (Lipinski definition) is 0. The van der Waals surface area contributed by atoms with Crippen LogP contribution in [0.2, 0.25) is 0 Å². The van der Waals surface area contributed by atoms with E-state index in [4.69, 9.17) is 4.74 Å². The minimum atomic E-state index is 0.620. The molecule has 10 heavy (non-hydrogen) atoms. The largest absolute Gasteiger partial charge is 0.377 e. The van der Waals surface area contributed by atoms with Crippen LogP contribution in [-0.4, -0.2) is 12.7 Å². The fourth-order valence-electron chi connectivity index (χ4n) is 2.49. The predicted octanol–water partition coefficient (Wildman–Crippen LogP) is 2.07. The Labute approximate surface area is 62.8 Å². The number of hydrogen-bond acceptors (Lipinski definition) is 1. The molecule has 0 aromatic heterocycles. The van der Waals surface area contributed by atoms with Gasteiger partial charge in [0, 0.05) is 6.61 Å². The van der Waals surface area contributed by atoms with Gasteiger partial charge in [-0.3, -0.25) is 0 Å². The van der Waals surface area contributed by atoms with Gasteiger partial charge in [0.2, 0.25) is 0 Å². The molecular formula is C9H16O. The number of fused-ring (bicyclic) bond motifs is 1. The minimum Gasteiger partial charge on any atom is -0.377 e. The summed E-state index contributed by atoms with van der Waals surface area (Å²) in [5.74, 6) is 2.56. The van der Waals surface area contributed by atoms with Gasteiger partial charge in [0.25, 0.3) is 0 Å². The first-order valence-electron chi connectivity index (χ1n) is 4.40. The fraction of sp³-hybridized carbons (Fsp3) is 1.00. The molecule has 0 N–H and O–H groups in total. The molecule has 2 aliphatic rings. The van der Waals surface area contributed by atoms with Crippen LogP contribution in [-0.2, 0) is 4.74 Å². The number of ether oxygens (including phenoxy) is 1. The lowest BCUT2D eigenvalue weighted by Gasteiger charge is -2.13. The highest BCUT2D eigenvalue weighted by Gasteiger charge is 2.41. The third kappa shape index (κ3) is 0.800. The van der Waals surface area contributed by atoms with E-state index in [9.17, 15) is 0 Å². The van der Waals surface area contributed by atoms with Gasteiger partial charge in [-0.05, 0) is 30.6 Å². The van der Waals surface area contributed by atoms with E-state index >= 15 is 0 Å². The Morgan fingerprint density at radius 2 is 1.90 bits per heavy atom. The van der Waals surface area contributed by atoms with E-state index in [-0.39, 0.29) is 0 Å². The first kappa shape index (κ1) is 6.66. The van der Waals surface area contributed by atoms with Crippen LogP contribution >= 0.6 is 0 Å². The van der Waals surface area contributed by atoms with Crippen molar-refractivity contribution in [3.05, 3.63) is 0 Å². The second-order valence-corrected chi connectivity index (χ2v) is 3.99. The lowest BCUT2D eigenvalue weighted by molar-refractivity contribution is 0.0708. The molecule has 2 unspecified atom stereocenters. The Morgan fingerprint density at radius 1 is 1.10 bits per heavy atom. The predicted molar refractivity (Wildman–Crippen MR) is 40.8 cm³/mol. The molecule has 1 nitrogen and oxygen atoms in total. The normalized spacial score (nSPS) is 53.4. The van der Waals surface area contributed by atoms with Gasteiger partial charge in [-0.2, -0.15) is 0 Å². The van der Waals surface area contributed by atoms with Crippen LogP contribution < -0.4 is 0 Å². The molecule has 1 heteroatoms. The average Bonchev–Trinajstić information content (AvgIpc) is 2.41. The summed E-state index contributed by atoms with van der Waals surface area (Å²) in [7, 11) is 0. The third-order valence-electron chi connectivity index (χ3n) is 3.22. The molecule has 1 saturated carbocycles. The molecule has 1 saturated heterocycles. The van der Waals surface area contributed by atoms with Gasteiger partial charge in [0.1, 0.15) is 0 Å². The van der Waals surface area contributed by atoms with Crippen molar-refractivity contribution in [3.8, 4) is 0 Å². The van der Waals surface area contributed by atoms with Gasteiger partial charge in [-0.25, -0.2) is 0 Å². The standard InChI is InChI=1S/C9H16O/c1-6-3-4-8-7(2)5-10-9(6)8/h6-9H,3-5H2,1-2H3/t6-,7-,8?,9?/m1/s1. The molecule has 2 rings (SSSR count). The average molecular weight is 140 g/mol. The second-order valence-electron chi connectivity index (χ2n) is 3.99. The van der Waals surface area contributed by atoms with Gasteiger partial charge in [-0.1, -0.05) is 13.8 Å². The quantitative estimate of drug-likeness (QED) is 0.500. The zero-order valence-electron chi connectivity index (χ0n) is 6.84. The van der Waals surface area contributed by atoms with Crippen LogP contribution in [0, 0.1) is 17.8 Å². The van der Waals surface area contributed by atoms with Crippen LogP contribution in [0.3, 0.4) is 0 Å². The van der Waals surface area contributed by atoms with Crippen molar-refractivity contribution >= 4 is 0 Å². The van der Waals surface area contributed by atoms with Gasteiger partial charge in [0.15, 0.2) is 0 Å². The molecule has 0 amide bonds. The number of rotatable bonds is 0. The van der Waals surface area contributed by atoms with Crippen molar-refractivity contribution in [1.29, 1.82) is 0 Å². The summed E-state index contributed by atoms with van der Waals surface area (Å²) in [4.78, 5) is 0. The molecule has 2 fully saturated rings. The van der Waals surface area contributed by atoms with E-state index in [2.05, 4.69) is 13.8 Å². The smallest absolute Gasteiger partial charge is 0.0632 e. The van der Waals surface area contributed by atoms with Crippen molar-refractivity contribution in [2.45, 2.75) is 32.8 Å². The van der Waals surface area contributed by atoms with Gasteiger partial charge < -0.3 is 4.74 Å². The van der Waals surface area contributed by atoms with Crippen LogP contribution in [0.25, 0.3) is 0 Å². The van der Waals surface area contributed by atoms with Crippen LogP contribution in [0.1, 0.15) is 26.7 Å². The first-order valence-corrected chi connectivity index (χ1v) is 4.40. The molecule has 1 aliphatic heterocycles. The molecule has 4 atom stereocenters. The van der Waals surface area contributed by atoms with E-state index < -0.39 is 0 Å². The summed E-state index contributed by atoms with van der Waals surface area (Å²) in [5.41, 5.74) is 0. The molecule has 0 aromatic rings. The maximum Gasteiger partial charge on any atom is 0.0632 e. The highest BCUT2D eigenvalue weighted by atomic mass is 16.5. The molecule has 0 bridgehead atoms. The lowest BCUT2D eigenvalue weighted by atomic mass is 9.93. The Kier molecular flexibility index (Phi) is 1.48. The SMILES string of the molecule is C[C@@H]1COC2C1CC[C@H]2C. The van der Waals surface area contributed by atoms with Crippen molar-refractivity contribution in [2.24, 2.45) is 17.8 Å². The van der Waals surface area contributed by atoms with Crippen molar-refractivity contribution in [1.82, 2.24) is 0 Å². The zero-order chi connectivity index (χ0) is 7.14. The van der Waals surface area contributed by atoms with E-state index in [0.717, 1.165) is 24.4 Å². The third-order valence-corrected chi connectivity index (χ3v) is 3.22. The summed E-state index contributed by atoms with van der Waals surface area (Å²) < 4.78 is 5.70. The Balaban J connectivity index is 2.09. The summed E-state index contributed by atoms with van der Waals surface area (Å²) >= 11 is 0. The summed E-state index contributed by atoms with van der Waals surface area (Å²) in [5, 5.41) is 0. The molecule has 0 spiro atoms. The highest BCUT2D eigenvalue weighted by molar-refractivity contribution is 4.90. The first-order chi connectivity index (χ1) is 4.79. The van der Waals surface area contributed by atoms with Gasteiger partial charge in [-0.15, -0.1) is 0 Å². The molecule has 0 aromatic carbocycles. The van der Waals surface area contributed by atoms with Crippen LogP contribution in [0.15, 0.2) is 0 Å². The van der Waals surface area contributed by atoms with E-state index in [1.165, 1.54) is 12.8 Å². The van der Waals surface area contributed by atoms with Crippen molar-refractivity contribution in [2.75, 3.05) is 6.61 Å². The Hall–Kier alpha value is -0.0400. The lowest BCUT2D eigenvalue weighted by Crippen LogP contribution is -2.16. The van der Waals surface area contributed by atoms with Gasteiger partial charge in [0.05, 0.1) is 6.10 Å². The molecule has 0 radical (unpaired) electrons. The minimum absolute atomic E-state index is 0.620. The molecule has 58 valence electrons. The fourth-order valence-corrected chi connectivity index (χ4v) is 2.49. The van der Waals surface area contributed by atoms with Crippen LogP contribution in [0.4, 0.5) is 0 Å². The highest BCUT2D eigenvalue weighted by Crippen LogP contribution is 2.42. The van der Waals surface area contributed by atoms with E-state index in [0.29, 0.717) is 6.10 Å². The van der Waals surface area contributed by atoms with E-state index in [1.807, 2.05) is 0 Å². The molecule has 1 heterocycles. The monoisotopic (exact) mass is 140 g/mol. The maximum atomic E-state index is 5.70. The van der Waals surface area contributed by atoms with Crippen molar-refractivity contribution in [3.63, 3.8) is 0 Å². The topological polar surface area (TPSA) is 9.23 Å².